The van der Waals surface area contributed by atoms with Gasteiger partial charge >= 0.3 is 39.5 Å². The number of ether oxygens (including phenoxy) is 4. The van der Waals surface area contributed by atoms with Crippen LogP contribution < -0.4 is 0 Å². The van der Waals surface area contributed by atoms with E-state index in [0.717, 1.165) is 95.8 Å². The normalized spacial score (nSPS) is 14.2. The molecule has 0 rings (SSSR count). The molecular formula is C77H150O17P2. The Morgan fingerprint density at radius 2 is 0.500 bits per heavy atom. The molecule has 0 saturated heterocycles. The molecule has 96 heavy (non-hydrogen) atoms. The SMILES string of the molecule is CCCCCCCCCCCCCCCCCCCCCCCC(=O)O[C@H](COC(=O)CCCCCCCCCCCCC(C)CC)COP(=O)(O)OC[C@@H](O)COP(=O)(O)OC[C@@H](COC(=O)CCCCCCCCCCC)OC(=O)CCCCCCCCCCCCCC. The molecule has 0 aliphatic carbocycles. The number of unbranched alkanes of at least 4 members (excludes halogenated alkanes) is 48. The van der Waals surface area contributed by atoms with Crippen LogP contribution in [0.4, 0.5) is 0 Å². The molecule has 0 radical (unpaired) electrons. The zero-order valence-corrected chi connectivity index (χ0v) is 64.3. The minimum atomic E-state index is -4.96. The summed E-state index contributed by atoms with van der Waals surface area (Å²) < 4.78 is 68.5. The van der Waals surface area contributed by atoms with E-state index in [1.807, 2.05) is 0 Å². The molecule has 0 aromatic heterocycles. The number of esters is 4. The molecular weight excluding hydrogens is 1260 g/mol. The van der Waals surface area contributed by atoms with E-state index in [1.54, 1.807) is 0 Å². The van der Waals surface area contributed by atoms with Crippen molar-refractivity contribution in [2.75, 3.05) is 39.6 Å². The maximum absolute atomic E-state index is 13.1. The van der Waals surface area contributed by atoms with Gasteiger partial charge in [0, 0.05) is 25.7 Å². The van der Waals surface area contributed by atoms with Crippen molar-refractivity contribution in [1.82, 2.24) is 0 Å². The first-order valence-electron chi connectivity index (χ1n) is 40.2. The molecule has 0 saturated carbocycles. The van der Waals surface area contributed by atoms with Crippen LogP contribution in [0.15, 0.2) is 0 Å². The fourth-order valence-electron chi connectivity index (χ4n) is 11.8. The summed E-state index contributed by atoms with van der Waals surface area (Å²) in [6.45, 7) is 7.31. The summed E-state index contributed by atoms with van der Waals surface area (Å²) in [5, 5.41) is 10.6. The maximum Gasteiger partial charge on any atom is 0.472 e. The lowest BCUT2D eigenvalue weighted by atomic mass is 9.99. The average Bonchev–Trinajstić information content (AvgIpc) is 1.64. The van der Waals surface area contributed by atoms with Crippen molar-refractivity contribution in [1.29, 1.82) is 0 Å². The van der Waals surface area contributed by atoms with Crippen LogP contribution in [0.3, 0.4) is 0 Å². The van der Waals surface area contributed by atoms with E-state index < -0.39 is 97.5 Å². The smallest absolute Gasteiger partial charge is 0.462 e. The lowest BCUT2D eigenvalue weighted by Crippen LogP contribution is -2.30. The maximum atomic E-state index is 13.1. The van der Waals surface area contributed by atoms with Crippen molar-refractivity contribution in [3.8, 4) is 0 Å². The van der Waals surface area contributed by atoms with Crippen molar-refractivity contribution in [2.45, 2.75) is 425 Å². The summed E-state index contributed by atoms with van der Waals surface area (Å²) in [7, 11) is -9.91. The third kappa shape index (κ3) is 69.2. The molecule has 0 aliphatic heterocycles. The standard InChI is InChI=1S/C77H150O17P2/c1-6-10-13-16-19-22-24-26-27-28-29-30-31-32-33-34-36-43-48-53-58-63-77(82)94-73(67-88-75(80)61-56-51-46-41-38-37-40-44-49-54-59-70(5)9-4)69-92-96(85,86)90-65-71(78)64-89-95(83,84)91-68-72(66-87-74(79)60-55-50-45-39-21-18-15-12-8-3)93-76(81)62-57-52-47-42-35-25-23-20-17-14-11-7-2/h70-73,78H,6-69H2,1-5H3,(H,83,84)(H,85,86)/t70?,71-,72+,73+/m0/s1. The van der Waals surface area contributed by atoms with Gasteiger partial charge in [-0.05, 0) is 31.6 Å². The lowest BCUT2D eigenvalue weighted by Gasteiger charge is -2.21. The molecule has 570 valence electrons. The molecule has 3 unspecified atom stereocenters. The number of phosphoric ester groups is 2. The fraction of sp³-hybridized carbons (Fsp3) is 0.948. The van der Waals surface area contributed by atoms with Gasteiger partial charge in [-0.2, -0.15) is 0 Å². The van der Waals surface area contributed by atoms with Gasteiger partial charge in [-0.25, -0.2) is 9.13 Å². The number of aliphatic hydroxyl groups is 1. The number of rotatable bonds is 77. The Bertz CT molecular complexity index is 1840. The van der Waals surface area contributed by atoms with E-state index in [0.29, 0.717) is 25.7 Å². The number of hydrogen-bond donors (Lipinski definition) is 3. The van der Waals surface area contributed by atoms with Gasteiger partial charge in [-0.3, -0.25) is 37.3 Å². The van der Waals surface area contributed by atoms with Crippen LogP contribution in [-0.2, 0) is 65.4 Å². The lowest BCUT2D eigenvalue weighted by molar-refractivity contribution is -0.161. The van der Waals surface area contributed by atoms with Gasteiger partial charge in [0.15, 0.2) is 12.2 Å². The average molecular weight is 1410 g/mol. The van der Waals surface area contributed by atoms with Crippen LogP contribution >= 0.6 is 15.6 Å². The topological polar surface area (TPSA) is 237 Å². The van der Waals surface area contributed by atoms with Crippen molar-refractivity contribution in [3.63, 3.8) is 0 Å². The van der Waals surface area contributed by atoms with Gasteiger partial charge in [-0.15, -0.1) is 0 Å². The highest BCUT2D eigenvalue weighted by atomic mass is 31.2. The minimum Gasteiger partial charge on any atom is -0.462 e. The number of carbonyl (C=O) groups excluding carboxylic acids is 4. The zero-order chi connectivity index (χ0) is 70.5. The Balaban J connectivity index is 5.19. The molecule has 19 heteroatoms. The molecule has 0 heterocycles. The summed E-state index contributed by atoms with van der Waals surface area (Å²) in [6, 6.07) is 0. The summed E-state index contributed by atoms with van der Waals surface area (Å²) in [5.74, 6) is -1.30. The zero-order valence-electron chi connectivity index (χ0n) is 62.5. The van der Waals surface area contributed by atoms with Crippen molar-refractivity contribution in [3.05, 3.63) is 0 Å². The highest BCUT2D eigenvalue weighted by Gasteiger charge is 2.30. The second-order valence-corrected chi connectivity index (χ2v) is 30.9. The largest absolute Gasteiger partial charge is 0.472 e. The Morgan fingerprint density at radius 1 is 0.292 bits per heavy atom. The first-order valence-corrected chi connectivity index (χ1v) is 43.2. The molecule has 0 aliphatic rings. The Kier molecular flexibility index (Phi) is 68.7. The second-order valence-electron chi connectivity index (χ2n) is 28.0. The molecule has 0 fully saturated rings. The van der Waals surface area contributed by atoms with Gasteiger partial charge in [0.2, 0.25) is 0 Å². The summed E-state index contributed by atoms with van der Waals surface area (Å²) in [4.78, 5) is 72.8. The molecule has 3 N–H and O–H groups in total. The Labute approximate surface area is 588 Å². The molecule has 0 aromatic carbocycles. The van der Waals surface area contributed by atoms with E-state index in [9.17, 15) is 43.2 Å². The van der Waals surface area contributed by atoms with E-state index in [4.69, 9.17) is 37.0 Å². The van der Waals surface area contributed by atoms with E-state index >= 15 is 0 Å². The second kappa shape index (κ2) is 70.1. The van der Waals surface area contributed by atoms with Crippen molar-refractivity contribution >= 4 is 39.5 Å². The van der Waals surface area contributed by atoms with E-state index in [2.05, 4.69) is 34.6 Å². The van der Waals surface area contributed by atoms with Gasteiger partial charge in [0.05, 0.1) is 26.4 Å². The number of carbonyl (C=O) groups is 4. The number of hydrogen-bond acceptors (Lipinski definition) is 15. The quantitative estimate of drug-likeness (QED) is 0.0222. The van der Waals surface area contributed by atoms with Gasteiger partial charge in [-0.1, -0.05) is 356 Å². The third-order valence-electron chi connectivity index (χ3n) is 18.4. The fourth-order valence-corrected chi connectivity index (χ4v) is 13.4. The number of phosphoric acid groups is 2. The minimum absolute atomic E-state index is 0.108. The summed E-state index contributed by atoms with van der Waals surface area (Å²) in [5.41, 5.74) is 0. The van der Waals surface area contributed by atoms with E-state index in [-0.39, 0.29) is 25.7 Å². The Hall–Kier alpha value is -1.94. The number of aliphatic hydroxyl groups excluding tert-OH is 1. The predicted octanol–water partition coefficient (Wildman–Crippen LogP) is 22.9. The highest BCUT2D eigenvalue weighted by molar-refractivity contribution is 7.47. The van der Waals surface area contributed by atoms with Gasteiger partial charge < -0.3 is 33.8 Å². The molecule has 0 spiro atoms. The van der Waals surface area contributed by atoms with Crippen LogP contribution in [0.5, 0.6) is 0 Å². The third-order valence-corrected chi connectivity index (χ3v) is 20.3. The van der Waals surface area contributed by atoms with Crippen molar-refractivity contribution < 1.29 is 80.2 Å². The monoisotopic (exact) mass is 1410 g/mol. The molecule has 0 aromatic rings. The van der Waals surface area contributed by atoms with Gasteiger partial charge in [0.1, 0.15) is 19.3 Å². The highest BCUT2D eigenvalue weighted by Crippen LogP contribution is 2.45. The van der Waals surface area contributed by atoms with Crippen LogP contribution in [0.25, 0.3) is 0 Å². The Morgan fingerprint density at radius 3 is 0.740 bits per heavy atom. The molecule has 0 amide bonds. The van der Waals surface area contributed by atoms with Crippen LogP contribution in [0.2, 0.25) is 0 Å². The molecule has 17 nitrogen and oxygen atoms in total. The van der Waals surface area contributed by atoms with E-state index in [1.165, 1.54) is 231 Å². The van der Waals surface area contributed by atoms with Crippen LogP contribution in [0, 0.1) is 5.92 Å². The first-order chi connectivity index (χ1) is 46.6. The van der Waals surface area contributed by atoms with Crippen molar-refractivity contribution in [2.24, 2.45) is 5.92 Å². The first kappa shape index (κ1) is 94.1. The van der Waals surface area contributed by atoms with Crippen LogP contribution in [-0.4, -0.2) is 96.7 Å². The summed E-state index contributed by atoms with van der Waals surface area (Å²) >= 11 is 0. The summed E-state index contributed by atoms with van der Waals surface area (Å²) in [6.07, 6.45) is 59.6. The molecule has 6 atom stereocenters. The molecule has 0 bridgehead atoms. The predicted molar refractivity (Wildman–Crippen MR) is 391 cm³/mol. The van der Waals surface area contributed by atoms with Crippen LogP contribution in [0.1, 0.15) is 407 Å². The van der Waals surface area contributed by atoms with Gasteiger partial charge in [0.25, 0.3) is 0 Å².